The van der Waals surface area contributed by atoms with Gasteiger partial charge in [0.1, 0.15) is 11.6 Å². The van der Waals surface area contributed by atoms with Crippen molar-refractivity contribution in [1.82, 2.24) is 9.88 Å². The molecule has 7 heteroatoms. The number of nitrogens with two attached hydrogens (primary N) is 1. The van der Waals surface area contributed by atoms with E-state index in [0.717, 1.165) is 25.4 Å². The van der Waals surface area contributed by atoms with Crippen molar-refractivity contribution >= 4 is 11.7 Å². The Labute approximate surface area is 165 Å². The van der Waals surface area contributed by atoms with Crippen molar-refractivity contribution in [2.75, 3.05) is 37.7 Å². The maximum atomic E-state index is 11.7. The van der Waals surface area contributed by atoms with Gasteiger partial charge in [-0.15, -0.1) is 0 Å². The molecule has 1 aliphatic heterocycles. The summed E-state index contributed by atoms with van der Waals surface area (Å²) in [5.74, 6) is 1.02. The van der Waals surface area contributed by atoms with Crippen LogP contribution in [0, 0.1) is 0 Å². The first-order valence-electron chi connectivity index (χ1n) is 9.68. The molecule has 1 amide bonds. The molecule has 3 N–H and O–H groups in total. The molecule has 3 rings (SSSR count). The average Bonchev–Trinajstić information content (AvgIpc) is 2.71. The van der Waals surface area contributed by atoms with Gasteiger partial charge in [-0.05, 0) is 43.2 Å². The highest BCUT2D eigenvalue weighted by atomic mass is 16.5. The van der Waals surface area contributed by atoms with Gasteiger partial charge in [0.25, 0.3) is 5.91 Å². The van der Waals surface area contributed by atoms with Gasteiger partial charge < -0.3 is 20.5 Å². The third-order valence-electron chi connectivity index (χ3n) is 5.04. The van der Waals surface area contributed by atoms with E-state index in [-0.39, 0.29) is 12.6 Å². The lowest BCUT2D eigenvalue weighted by Gasteiger charge is -2.42. The van der Waals surface area contributed by atoms with Gasteiger partial charge in [-0.2, -0.15) is 0 Å². The summed E-state index contributed by atoms with van der Waals surface area (Å²) in [6.45, 7) is 5.79. The first-order valence-corrected chi connectivity index (χ1v) is 9.68. The van der Waals surface area contributed by atoms with Crippen LogP contribution in [0.4, 0.5) is 5.82 Å². The lowest BCUT2D eigenvalue weighted by Crippen LogP contribution is -2.53. The van der Waals surface area contributed by atoms with Crippen LogP contribution in [-0.4, -0.2) is 59.8 Å². The number of nitrogens with zero attached hydrogens (tertiary/aromatic N) is 3. The van der Waals surface area contributed by atoms with E-state index < -0.39 is 5.91 Å². The van der Waals surface area contributed by atoms with Gasteiger partial charge >= 0.3 is 0 Å². The molecule has 0 unspecified atom stereocenters. The fourth-order valence-corrected chi connectivity index (χ4v) is 3.65. The third-order valence-corrected chi connectivity index (χ3v) is 5.04. The Morgan fingerprint density at radius 1 is 1.29 bits per heavy atom. The predicted octanol–water partition coefficient (Wildman–Crippen LogP) is 1.65. The number of pyridine rings is 1. The number of aliphatic hydroxyl groups excluding tert-OH is 1. The highest BCUT2D eigenvalue weighted by molar-refractivity contribution is 5.97. The fourth-order valence-electron chi connectivity index (χ4n) is 3.65. The van der Waals surface area contributed by atoms with Crippen molar-refractivity contribution in [3.05, 3.63) is 53.7 Å². The second kappa shape index (κ2) is 9.52. The molecule has 0 saturated carbocycles. The number of rotatable bonds is 8. The molecule has 1 aromatic heterocycles. The molecule has 2 heterocycles. The zero-order chi connectivity index (χ0) is 19.9. The van der Waals surface area contributed by atoms with Crippen LogP contribution in [0.5, 0.6) is 5.75 Å². The molecule has 0 bridgehead atoms. The van der Waals surface area contributed by atoms with Crippen molar-refractivity contribution in [3.63, 3.8) is 0 Å². The summed E-state index contributed by atoms with van der Waals surface area (Å²) in [7, 11) is 0. The van der Waals surface area contributed by atoms with Crippen LogP contribution in [0.25, 0.3) is 0 Å². The van der Waals surface area contributed by atoms with Crippen molar-refractivity contribution in [2.24, 2.45) is 5.73 Å². The largest absolute Gasteiger partial charge is 0.494 e. The SMILES string of the molecule is CCOc1ccc(CN2CCN(c3ncccc3C(N)=O)C[C@@H]2CCO)cc1. The lowest BCUT2D eigenvalue weighted by molar-refractivity contribution is 0.0999. The monoisotopic (exact) mass is 384 g/mol. The zero-order valence-corrected chi connectivity index (χ0v) is 16.3. The van der Waals surface area contributed by atoms with Gasteiger partial charge in [-0.1, -0.05) is 12.1 Å². The minimum Gasteiger partial charge on any atom is -0.494 e. The standard InChI is InChI=1S/C21H28N4O3/c1-2-28-18-7-5-16(6-8-18)14-24-11-12-25(15-17(24)9-13-26)21-19(20(22)27)4-3-10-23-21/h3-8,10,17,26H,2,9,11-15H2,1H3,(H2,22,27)/t17-/m0/s1. The number of ether oxygens (including phenoxy) is 1. The van der Waals surface area contributed by atoms with Gasteiger partial charge in [0.15, 0.2) is 0 Å². The summed E-state index contributed by atoms with van der Waals surface area (Å²) < 4.78 is 5.51. The normalized spacial score (nSPS) is 17.5. The summed E-state index contributed by atoms with van der Waals surface area (Å²) in [6, 6.07) is 11.7. The summed E-state index contributed by atoms with van der Waals surface area (Å²) in [6.07, 6.45) is 2.33. The van der Waals surface area contributed by atoms with E-state index in [4.69, 9.17) is 10.5 Å². The smallest absolute Gasteiger partial charge is 0.252 e. The number of anilines is 1. The maximum Gasteiger partial charge on any atom is 0.252 e. The topological polar surface area (TPSA) is 91.9 Å². The van der Waals surface area contributed by atoms with Crippen LogP contribution in [-0.2, 0) is 6.54 Å². The van der Waals surface area contributed by atoms with Crippen molar-refractivity contribution in [2.45, 2.75) is 25.9 Å². The van der Waals surface area contributed by atoms with E-state index in [2.05, 4.69) is 26.9 Å². The van der Waals surface area contributed by atoms with E-state index in [0.29, 0.717) is 31.0 Å². The number of amides is 1. The molecular formula is C21H28N4O3. The van der Waals surface area contributed by atoms with E-state index >= 15 is 0 Å². The van der Waals surface area contributed by atoms with Crippen LogP contribution < -0.4 is 15.4 Å². The number of carbonyl (C=O) groups is 1. The second-order valence-electron chi connectivity index (χ2n) is 6.90. The zero-order valence-electron chi connectivity index (χ0n) is 16.3. The number of benzene rings is 1. The van der Waals surface area contributed by atoms with Gasteiger partial charge in [-0.3, -0.25) is 9.69 Å². The Balaban J connectivity index is 1.71. The van der Waals surface area contributed by atoms with Crippen molar-refractivity contribution < 1.29 is 14.6 Å². The molecule has 150 valence electrons. The Bertz CT molecular complexity index is 781. The van der Waals surface area contributed by atoms with Crippen LogP contribution in [0.15, 0.2) is 42.6 Å². The van der Waals surface area contributed by atoms with Crippen LogP contribution in [0.2, 0.25) is 0 Å². The molecule has 7 nitrogen and oxygen atoms in total. The highest BCUT2D eigenvalue weighted by Gasteiger charge is 2.29. The summed E-state index contributed by atoms with van der Waals surface area (Å²) >= 11 is 0. The second-order valence-corrected chi connectivity index (χ2v) is 6.90. The summed E-state index contributed by atoms with van der Waals surface area (Å²) in [4.78, 5) is 20.6. The summed E-state index contributed by atoms with van der Waals surface area (Å²) in [5, 5.41) is 9.55. The molecule has 1 atom stereocenters. The first kappa shape index (κ1) is 20.1. The Hall–Kier alpha value is -2.64. The van der Waals surface area contributed by atoms with Gasteiger partial charge in [-0.25, -0.2) is 4.98 Å². The van der Waals surface area contributed by atoms with E-state index in [1.165, 1.54) is 5.56 Å². The Morgan fingerprint density at radius 3 is 2.75 bits per heavy atom. The number of carbonyl (C=O) groups excluding carboxylic acids is 1. The molecule has 28 heavy (non-hydrogen) atoms. The van der Waals surface area contributed by atoms with Crippen LogP contribution in [0.1, 0.15) is 29.3 Å². The highest BCUT2D eigenvalue weighted by Crippen LogP contribution is 2.24. The fraction of sp³-hybridized carbons (Fsp3) is 0.429. The van der Waals surface area contributed by atoms with Gasteiger partial charge in [0.05, 0.1) is 12.2 Å². The van der Waals surface area contributed by atoms with Crippen LogP contribution >= 0.6 is 0 Å². The number of hydrogen-bond donors (Lipinski definition) is 2. The molecule has 0 radical (unpaired) electrons. The average molecular weight is 384 g/mol. The number of primary amides is 1. The Morgan fingerprint density at radius 2 is 2.07 bits per heavy atom. The number of hydrogen-bond acceptors (Lipinski definition) is 6. The lowest BCUT2D eigenvalue weighted by atomic mass is 10.1. The van der Waals surface area contributed by atoms with Crippen LogP contribution in [0.3, 0.4) is 0 Å². The van der Waals surface area contributed by atoms with E-state index in [1.54, 1.807) is 18.3 Å². The van der Waals surface area contributed by atoms with Gasteiger partial charge in [0.2, 0.25) is 0 Å². The molecule has 0 spiro atoms. The minimum absolute atomic E-state index is 0.114. The van der Waals surface area contributed by atoms with Gasteiger partial charge in [0, 0.05) is 45.0 Å². The molecule has 1 fully saturated rings. The molecule has 1 aromatic carbocycles. The number of piperazine rings is 1. The van der Waals surface area contributed by atoms with E-state index in [9.17, 15) is 9.90 Å². The minimum atomic E-state index is -0.473. The quantitative estimate of drug-likeness (QED) is 0.719. The number of aliphatic hydroxyl groups is 1. The predicted molar refractivity (Wildman–Crippen MR) is 108 cm³/mol. The molecule has 2 aromatic rings. The maximum absolute atomic E-state index is 11.7. The molecule has 1 saturated heterocycles. The number of aromatic nitrogens is 1. The Kier molecular flexibility index (Phi) is 6.84. The van der Waals surface area contributed by atoms with E-state index in [1.807, 2.05) is 19.1 Å². The molecular weight excluding hydrogens is 356 g/mol. The first-order chi connectivity index (χ1) is 13.6. The summed E-state index contributed by atoms with van der Waals surface area (Å²) in [5.41, 5.74) is 7.15. The molecule has 1 aliphatic rings. The third kappa shape index (κ3) is 4.79. The van der Waals surface area contributed by atoms with Crippen molar-refractivity contribution in [1.29, 1.82) is 0 Å². The molecule has 0 aliphatic carbocycles. The van der Waals surface area contributed by atoms with Crippen molar-refractivity contribution in [3.8, 4) is 5.75 Å².